The van der Waals surface area contributed by atoms with Crippen molar-refractivity contribution in [2.75, 3.05) is 49.1 Å². The molecule has 7 heterocycles. The highest BCUT2D eigenvalue weighted by molar-refractivity contribution is 7.05. The molecule has 1 aromatic carbocycles. The summed E-state index contributed by atoms with van der Waals surface area (Å²) >= 11 is 1.37. The van der Waals surface area contributed by atoms with Crippen LogP contribution in [0.1, 0.15) is 98.8 Å². The van der Waals surface area contributed by atoms with E-state index in [-0.39, 0.29) is 42.0 Å². The minimum absolute atomic E-state index is 0.0167. The van der Waals surface area contributed by atoms with Crippen LogP contribution in [0.4, 0.5) is 11.5 Å². The number of likely N-dealkylation sites (tertiary alicyclic amines) is 1. The monoisotopic (exact) mass is 782 g/mol. The van der Waals surface area contributed by atoms with Crippen LogP contribution in [0.25, 0.3) is 0 Å². The number of nitrogens with zero attached hydrogens (tertiary/aromatic N) is 7. The standard InChI is InChI=1S/C39H46N10O6S/c1-22-17-27(56-45-22)19-30-34(35(40)51)41-20-32(43-30)48-12-2-3-24(21-48)42-36(52)23-8-13-46(14-9-23)25-10-15-47(16-11-25)26-4-5-28-29(18-26)39(55)49(38(28)54)31-6-7-33(50)44-37(31)53/h4-5,17-18,20,23-25,31H,2-3,6-16,19,21H2,1H3,(H2,40,51)(H,42,52)(H,44,50,53)/t24-,31?/m1/s1. The van der Waals surface area contributed by atoms with E-state index >= 15 is 0 Å². The van der Waals surface area contributed by atoms with Crippen LogP contribution in [0, 0.1) is 12.8 Å². The maximum Gasteiger partial charge on any atom is 0.269 e. The molecule has 2 atom stereocenters. The summed E-state index contributed by atoms with van der Waals surface area (Å²) in [5.41, 5.74) is 8.66. The molecule has 4 fully saturated rings. The van der Waals surface area contributed by atoms with Crippen molar-refractivity contribution in [3.8, 4) is 0 Å². The van der Waals surface area contributed by atoms with Crippen molar-refractivity contribution in [3.05, 3.63) is 63.5 Å². The highest BCUT2D eigenvalue weighted by Crippen LogP contribution is 2.33. The van der Waals surface area contributed by atoms with Crippen LogP contribution >= 0.6 is 11.5 Å². The Kier molecular flexibility index (Phi) is 10.5. The fourth-order valence-electron chi connectivity index (χ4n) is 8.86. The number of imide groups is 2. The Morgan fingerprint density at radius 1 is 0.929 bits per heavy atom. The predicted molar refractivity (Wildman–Crippen MR) is 206 cm³/mol. The second-order valence-electron chi connectivity index (χ2n) is 15.5. The van der Waals surface area contributed by atoms with Gasteiger partial charge in [-0.05, 0) is 101 Å². The molecule has 294 valence electrons. The van der Waals surface area contributed by atoms with Gasteiger partial charge in [-0.3, -0.25) is 39.0 Å². The lowest BCUT2D eigenvalue weighted by molar-refractivity contribution is -0.136. The predicted octanol–water partition coefficient (Wildman–Crippen LogP) is 1.80. The number of aryl methyl sites for hydroxylation is 1. The third-order valence-electron chi connectivity index (χ3n) is 11.8. The summed E-state index contributed by atoms with van der Waals surface area (Å²) in [6.45, 7) is 6.61. The fourth-order valence-corrected chi connectivity index (χ4v) is 9.60. The molecule has 3 aromatic rings. The first-order valence-electron chi connectivity index (χ1n) is 19.5. The van der Waals surface area contributed by atoms with E-state index in [1.54, 1.807) is 18.3 Å². The van der Waals surface area contributed by atoms with Gasteiger partial charge in [-0.15, -0.1) is 0 Å². The zero-order valence-electron chi connectivity index (χ0n) is 31.4. The Labute approximate surface area is 328 Å². The lowest BCUT2D eigenvalue weighted by Gasteiger charge is -2.42. The van der Waals surface area contributed by atoms with E-state index in [4.69, 9.17) is 10.7 Å². The molecule has 0 radical (unpaired) electrons. The Bertz CT molecular complexity index is 2070. The summed E-state index contributed by atoms with van der Waals surface area (Å²) in [6, 6.07) is 6.66. The maximum absolute atomic E-state index is 13.5. The molecular weight excluding hydrogens is 737 g/mol. The highest BCUT2D eigenvalue weighted by atomic mass is 32.1. The molecule has 5 aliphatic heterocycles. The molecule has 4 N–H and O–H groups in total. The van der Waals surface area contributed by atoms with Crippen LogP contribution in [-0.4, -0.2) is 117 Å². The largest absolute Gasteiger partial charge is 0.371 e. The van der Waals surface area contributed by atoms with Gasteiger partial charge in [-0.1, -0.05) is 0 Å². The van der Waals surface area contributed by atoms with Crippen molar-refractivity contribution in [1.82, 2.24) is 34.8 Å². The molecule has 1 unspecified atom stereocenters. The number of carbonyl (C=O) groups is 6. The number of hydrogen-bond acceptors (Lipinski definition) is 13. The molecule has 0 saturated carbocycles. The number of piperidine rings is 4. The zero-order chi connectivity index (χ0) is 39.1. The Balaban J connectivity index is 0.811. The van der Waals surface area contributed by atoms with E-state index in [1.807, 2.05) is 19.1 Å². The van der Waals surface area contributed by atoms with E-state index in [0.717, 1.165) is 92.4 Å². The average molecular weight is 783 g/mol. The van der Waals surface area contributed by atoms with Gasteiger partial charge in [0.1, 0.15) is 17.6 Å². The molecule has 0 aliphatic carbocycles. The number of carbonyl (C=O) groups excluding carboxylic acids is 6. The Morgan fingerprint density at radius 3 is 2.41 bits per heavy atom. The molecule has 6 amide bonds. The molecule has 0 spiro atoms. The number of primary amides is 1. The quantitative estimate of drug-likeness (QED) is 0.266. The first-order chi connectivity index (χ1) is 27.0. The number of nitrogens with two attached hydrogens (primary N) is 1. The van der Waals surface area contributed by atoms with Crippen LogP contribution < -0.4 is 26.2 Å². The number of aromatic nitrogens is 3. The molecule has 0 bridgehead atoms. The van der Waals surface area contributed by atoms with E-state index < -0.39 is 35.6 Å². The zero-order valence-corrected chi connectivity index (χ0v) is 32.2. The molecular formula is C39H46N10O6S. The summed E-state index contributed by atoms with van der Waals surface area (Å²) in [6.07, 6.45) is 7.48. The lowest BCUT2D eigenvalue weighted by atomic mass is 9.92. The molecule has 16 nitrogen and oxygen atoms in total. The van der Waals surface area contributed by atoms with Gasteiger partial charge < -0.3 is 25.8 Å². The van der Waals surface area contributed by atoms with Gasteiger partial charge in [0.2, 0.25) is 17.7 Å². The molecule has 56 heavy (non-hydrogen) atoms. The highest BCUT2D eigenvalue weighted by Gasteiger charge is 2.45. The van der Waals surface area contributed by atoms with Crippen molar-refractivity contribution in [2.45, 2.75) is 82.8 Å². The maximum atomic E-state index is 13.5. The second kappa shape index (κ2) is 15.7. The van der Waals surface area contributed by atoms with Crippen LogP contribution in [0.15, 0.2) is 30.5 Å². The van der Waals surface area contributed by atoms with Crippen molar-refractivity contribution < 1.29 is 28.8 Å². The summed E-state index contributed by atoms with van der Waals surface area (Å²) in [5.74, 6) is -1.91. The van der Waals surface area contributed by atoms with Crippen molar-refractivity contribution >= 4 is 58.5 Å². The van der Waals surface area contributed by atoms with E-state index in [0.29, 0.717) is 36.1 Å². The number of rotatable bonds is 9. The molecule has 5 aliphatic rings. The number of amides is 6. The number of hydrogen-bond donors (Lipinski definition) is 3. The van der Waals surface area contributed by atoms with Crippen LogP contribution in [-0.2, 0) is 20.8 Å². The SMILES string of the molecule is Cc1cc(Cc2nc(N3CCC[C@@H](NC(=O)C4CCN(C5CCN(c6ccc7c(c6)C(=O)N(C6CCC(=O)NC6=O)C7=O)CC5)CC4)C3)cnc2C(N)=O)sn1. The molecule has 2 aromatic heterocycles. The molecule has 8 rings (SSSR count). The van der Waals surface area contributed by atoms with Crippen molar-refractivity contribution in [1.29, 1.82) is 0 Å². The first-order valence-corrected chi connectivity index (χ1v) is 20.3. The third-order valence-corrected chi connectivity index (χ3v) is 12.7. The van der Waals surface area contributed by atoms with E-state index in [9.17, 15) is 28.8 Å². The number of benzene rings is 1. The van der Waals surface area contributed by atoms with Crippen molar-refractivity contribution in [2.24, 2.45) is 11.7 Å². The normalized spacial score (nSPS) is 22.7. The van der Waals surface area contributed by atoms with Gasteiger partial charge in [0, 0.05) is 67.6 Å². The minimum atomic E-state index is -0.985. The van der Waals surface area contributed by atoms with E-state index in [1.165, 1.54) is 11.5 Å². The summed E-state index contributed by atoms with van der Waals surface area (Å²) < 4.78 is 4.33. The van der Waals surface area contributed by atoms with Gasteiger partial charge in [-0.2, -0.15) is 4.37 Å². The van der Waals surface area contributed by atoms with Gasteiger partial charge in [0.25, 0.3) is 17.7 Å². The fraction of sp³-hybridized carbons (Fsp3) is 0.513. The van der Waals surface area contributed by atoms with Crippen LogP contribution in [0.5, 0.6) is 0 Å². The number of fused-ring (bicyclic) bond motifs is 1. The van der Waals surface area contributed by atoms with Crippen LogP contribution in [0.2, 0.25) is 0 Å². The lowest BCUT2D eigenvalue weighted by Crippen LogP contribution is -2.54. The molecule has 4 saturated heterocycles. The topological polar surface area (TPSA) is 204 Å². The van der Waals surface area contributed by atoms with Gasteiger partial charge in [-0.25, -0.2) is 9.97 Å². The van der Waals surface area contributed by atoms with Crippen LogP contribution in [0.3, 0.4) is 0 Å². The Hall–Kier alpha value is -5.29. The second-order valence-corrected chi connectivity index (χ2v) is 16.4. The third kappa shape index (κ3) is 7.61. The minimum Gasteiger partial charge on any atom is -0.371 e. The van der Waals surface area contributed by atoms with E-state index in [2.05, 4.69) is 34.7 Å². The summed E-state index contributed by atoms with van der Waals surface area (Å²) in [5, 5.41) is 5.56. The van der Waals surface area contributed by atoms with Gasteiger partial charge in [0.05, 0.1) is 28.7 Å². The summed E-state index contributed by atoms with van der Waals surface area (Å²) in [7, 11) is 0. The first kappa shape index (κ1) is 37.6. The van der Waals surface area contributed by atoms with Crippen molar-refractivity contribution in [3.63, 3.8) is 0 Å². The smallest absolute Gasteiger partial charge is 0.269 e. The number of anilines is 2. The average Bonchev–Trinajstić information content (AvgIpc) is 3.72. The number of nitrogens with one attached hydrogen (secondary N) is 2. The molecule has 17 heteroatoms. The van der Waals surface area contributed by atoms with Gasteiger partial charge >= 0.3 is 0 Å². The summed E-state index contributed by atoms with van der Waals surface area (Å²) in [4.78, 5) is 94.2. The van der Waals surface area contributed by atoms with Gasteiger partial charge in [0.15, 0.2) is 0 Å². The Morgan fingerprint density at radius 2 is 1.70 bits per heavy atom.